The van der Waals surface area contributed by atoms with Crippen LogP contribution in [-0.2, 0) is 22.9 Å². The maximum atomic E-state index is 11.4. The van der Waals surface area contributed by atoms with Crippen LogP contribution < -0.4 is 10.6 Å². The summed E-state index contributed by atoms with van der Waals surface area (Å²) in [6.45, 7) is 1.10. The highest BCUT2D eigenvalue weighted by atomic mass is 127. The molecule has 0 fully saturated rings. The van der Waals surface area contributed by atoms with Gasteiger partial charge in [0.15, 0.2) is 15.8 Å². The largest absolute Gasteiger partial charge is 0.352 e. The van der Waals surface area contributed by atoms with Crippen LogP contribution in [0.5, 0.6) is 0 Å². The van der Waals surface area contributed by atoms with Crippen molar-refractivity contribution < 1.29 is 8.42 Å². The first-order valence-electron chi connectivity index (χ1n) is 7.37. The molecule has 0 aliphatic carbocycles. The van der Waals surface area contributed by atoms with E-state index >= 15 is 0 Å². The van der Waals surface area contributed by atoms with Crippen LogP contribution >= 0.6 is 35.6 Å². The molecule has 0 spiro atoms. The quantitative estimate of drug-likeness (QED) is 0.381. The van der Waals surface area contributed by atoms with Crippen LogP contribution in [0, 0.1) is 0 Å². The van der Waals surface area contributed by atoms with Gasteiger partial charge in [-0.1, -0.05) is 41.9 Å². The Bertz CT molecular complexity index is 824. The van der Waals surface area contributed by atoms with Gasteiger partial charge in [-0.05, 0) is 29.3 Å². The smallest absolute Gasteiger partial charge is 0.191 e. The van der Waals surface area contributed by atoms with Crippen LogP contribution in [0.4, 0.5) is 0 Å². The molecule has 0 heterocycles. The first kappa shape index (κ1) is 21.7. The Labute approximate surface area is 170 Å². The van der Waals surface area contributed by atoms with Crippen molar-refractivity contribution in [2.24, 2.45) is 4.99 Å². The third-order valence-corrected chi connectivity index (χ3v) is 4.94. The highest BCUT2D eigenvalue weighted by molar-refractivity contribution is 14.0. The molecule has 2 aromatic rings. The molecule has 5 nitrogen and oxygen atoms in total. The van der Waals surface area contributed by atoms with Crippen LogP contribution in [0.3, 0.4) is 0 Å². The van der Waals surface area contributed by atoms with Gasteiger partial charge < -0.3 is 10.6 Å². The van der Waals surface area contributed by atoms with E-state index in [2.05, 4.69) is 15.6 Å². The molecule has 0 radical (unpaired) electrons. The molecule has 25 heavy (non-hydrogen) atoms. The minimum atomic E-state index is -3.17. The van der Waals surface area contributed by atoms with Gasteiger partial charge in [-0.15, -0.1) is 24.0 Å². The number of aliphatic imine (C=N–C) groups is 1. The minimum absolute atomic E-state index is 0. The van der Waals surface area contributed by atoms with Gasteiger partial charge in [0.05, 0.1) is 4.90 Å². The van der Waals surface area contributed by atoms with E-state index in [1.54, 1.807) is 31.3 Å². The van der Waals surface area contributed by atoms with E-state index in [-0.39, 0.29) is 24.0 Å². The Balaban J connectivity index is 0.00000312. The molecule has 0 unspecified atom stereocenters. The molecule has 0 amide bonds. The fraction of sp³-hybridized carbons (Fsp3) is 0.235. The lowest BCUT2D eigenvalue weighted by atomic mass is 10.2. The lowest BCUT2D eigenvalue weighted by molar-refractivity contribution is 0.602. The highest BCUT2D eigenvalue weighted by Gasteiger charge is 2.06. The number of hydrogen-bond donors (Lipinski definition) is 2. The summed E-state index contributed by atoms with van der Waals surface area (Å²) in [5, 5.41) is 7.08. The Morgan fingerprint density at radius 1 is 1.04 bits per heavy atom. The lowest BCUT2D eigenvalue weighted by Gasteiger charge is -2.13. The van der Waals surface area contributed by atoms with Gasteiger partial charge in [-0.2, -0.15) is 0 Å². The molecular weight excluding hydrogens is 473 g/mol. The number of guanidine groups is 1. The van der Waals surface area contributed by atoms with Crippen molar-refractivity contribution in [1.82, 2.24) is 10.6 Å². The maximum absolute atomic E-state index is 11.4. The second-order valence-electron chi connectivity index (χ2n) is 5.29. The van der Waals surface area contributed by atoms with Crippen LogP contribution in [0.15, 0.2) is 58.4 Å². The normalized spacial score (nSPS) is 11.6. The molecule has 0 bridgehead atoms. The standard InChI is InChI=1S/C17H20ClN3O2S.HI/c1-19-17(21-12-14-5-3-4-6-16(14)18)20-11-13-7-9-15(10-8-13)24(2,22)23;/h3-10H,11-12H2,1-2H3,(H2,19,20,21);1H. The summed E-state index contributed by atoms with van der Waals surface area (Å²) >= 11 is 6.13. The predicted octanol–water partition coefficient (Wildman–Crippen LogP) is 3.23. The van der Waals surface area contributed by atoms with E-state index in [1.807, 2.05) is 24.3 Å². The molecule has 2 rings (SSSR count). The number of nitrogens with zero attached hydrogens (tertiary/aromatic N) is 1. The van der Waals surface area contributed by atoms with Crippen LogP contribution in [-0.4, -0.2) is 27.7 Å². The van der Waals surface area contributed by atoms with E-state index in [4.69, 9.17) is 11.6 Å². The van der Waals surface area contributed by atoms with Gasteiger partial charge in [0.2, 0.25) is 0 Å². The monoisotopic (exact) mass is 493 g/mol. The highest BCUT2D eigenvalue weighted by Crippen LogP contribution is 2.14. The van der Waals surface area contributed by atoms with Gasteiger partial charge in [0.25, 0.3) is 0 Å². The summed E-state index contributed by atoms with van der Waals surface area (Å²) in [6, 6.07) is 14.4. The average molecular weight is 494 g/mol. The van der Waals surface area contributed by atoms with E-state index in [1.165, 1.54) is 6.26 Å². The molecule has 0 atom stereocenters. The Kier molecular flexibility index (Phi) is 8.67. The average Bonchev–Trinajstić information content (AvgIpc) is 2.56. The van der Waals surface area contributed by atoms with Crippen molar-refractivity contribution in [3.8, 4) is 0 Å². The first-order chi connectivity index (χ1) is 11.4. The van der Waals surface area contributed by atoms with Crippen molar-refractivity contribution in [2.75, 3.05) is 13.3 Å². The van der Waals surface area contributed by atoms with Gasteiger partial charge in [0, 0.05) is 31.4 Å². The zero-order valence-corrected chi connectivity index (χ0v) is 17.9. The Morgan fingerprint density at radius 3 is 2.20 bits per heavy atom. The van der Waals surface area contributed by atoms with Crippen LogP contribution in [0.1, 0.15) is 11.1 Å². The van der Waals surface area contributed by atoms with Crippen LogP contribution in [0.2, 0.25) is 5.02 Å². The summed E-state index contributed by atoms with van der Waals surface area (Å²) in [4.78, 5) is 4.47. The minimum Gasteiger partial charge on any atom is -0.352 e. The second-order valence-corrected chi connectivity index (χ2v) is 7.71. The molecule has 2 N–H and O–H groups in total. The zero-order valence-electron chi connectivity index (χ0n) is 14.0. The maximum Gasteiger partial charge on any atom is 0.191 e. The summed E-state index contributed by atoms with van der Waals surface area (Å²) in [5.41, 5.74) is 1.95. The van der Waals surface area contributed by atoms with Gasteiger partial charge >= 0.3 is 0 Å². The Hall–Kier alpha value is -1.32. The lowest BCUT2D eigenvalue weighted by Crippen LogP contribution is -2.36. The first-order valence-corrected chi connectivity index (χ1v) is 9.64. The van der Waals surface area contributed by atoms with E-state index in [0.29, 0.717) is 29.0 Å². The van der Waals surface area contributed by atoms with E-state index < -0.39 is 9.84 Å². The van der Waals surface area contributed by atoms with Crippen molar-refractivity contribution >= 4 is 51.4 Å². The molecule has 0 saturated carbocycles. The number of sulfone groups is 1. The summed E-state index contributed by atoms with van der Waals surface area (Å²) in [6.07, 6.45) is 1.20. The second kappa shape index (κ2) is 9.98. The summed E-state index contributed by atoms with van der Waals surface area (Å²) in [7, 11) is -1.48. The topological polar surface area (TPSA) is 70.6 Å². The third-order valence-electron chi connectivity index (χ3n) is 3.44. The molecule has 0 saturated heterocycles. The van der Waals surface area contributed by atoms with Crippen molar-refractivity contribution in [1.29, 1.82) is 0 Å². The molecule has 0 aromatic heterocycles. The summed E-state index contributed by atoms with van der Waals surface area (Å²) in [5.74, 6) is 0.641. The molecule has 136 valence electrons. The third kappa shape index (κ3) is 6.83. The number of hydrogen-bond acceptors (Lipinski definition) is 3. The molecular formula is C17H21ClIN3O2S. The Morgan fingerprint density at radius 2 is 1.64 bits per heavy atom. The van der Waals surface area contributed by atoms with Gasteiger partial charge in [0.1, 0.15) is 0 Å². The van der Waals surface area contributed by atoms with Crippen molar-refractivity contribution in [3.05, 3.63) is 64.7 Å². The molecule has 2 aromatic carbocycles. The van der Waals surface area contributed by atoms with Gasteiger partial charge in [-0.25, -0.2) is 8.42 Å². The molecule has 8 heteroatoms. The number of halogens is 2. The van der Waals surface area contributed by atoms with E-state index in [0.717, 1.165) is 11.1 Å². The summed E-state index contributed by atoms with van der Waals surface area (Å²) < 4.78 is 22.9. The van der Waals surface area contributed by atoms with Gasteiger partial charge in [-0.3, -0.25) is 4.99 Å². The fourth-order valence-electron chi connectivity index (χ4n) is 2.08. The fourth-order valence-corrected chi connectivity index (χ4v) is 2.91. The van der Waals surface area contributed by atoms with Crippen molar-refractivity contribution in [2.45, 2.75) is 18.0 Å². The zero-order chi connectivity index (χ0) is 17.6. The number of benzene rings is 2. The number of nitrogens with one attached hydrogen (secondary N) is 2. The SMILES string of the molecule is CN=C(NCc1ccc(S(C)(=O)=O)cc1)NCc1ccccc1Cl.I. The van der Waals surface area contributed by atoms with Crippen LogP contribution in [0.25, 0.3) is 0 Å². The predicted molar refractivity (Wildman–Crippen MR) is 113 cm³/mol. The van der Waals surface area contributed by atoms with E-state index in [9.17, 15) is 8.42 Å². The van der Waals surface area contributed by atoms with Crippen molar-refractivity contribution in [3.63, 3.8) is 0 Å². The number of rotatable bonds is 5. The molecule has 0 aliphatic heterocycles. The molecule has 0 aliphatic rings.